The number of carbonyl (C=O) groups is 2. The van der Waals surface area contributed by atoms with Gasteiger partial charge in [-0.3, -0.25) is 14.6 Å². The van der Waals surface area contributed by atoms with Gasteiger partial charge in [-0.15, -0.1) is 11.3 Å². The minimum absolute atomic E-state index is 0.120. The van der Waals surface area contributed by atoms with E-state index in [0.717, 1.165) is 10.6 Å². The Labute approximate surface area is 194 Å². The summed E-state index contributed by atoms with van der Waals surface area (Å²) in [5.74, 6) is -0.313. The molecule has 2 aliphatic heterocycles. The average Bonchev–Trinajstić information content (AvgIpc) is 3.47. The van der Waals surface area contributed by atoms with E-state index in [9.17, 15) is 9.59 Å². The summed E-state index contributed by atoms with van der Waals surface area (Å²) in [6, 6.07) is 10.7. The van der Waals surface area contributed by atoms with Crippen LogP contribution in [-0.4, -0.2) is 52.4 Å². The highest BCUT2D eigenvalue weighted by atomic mass is 35.5. The quantitative estimate of drug-likeness (QED) is 0.569. The maximum atomic E-state index is 13.9. The summed E-state index contributed by atoms with van der Waals surface area (Å²) < 4.78 is 0. The van der Waals surface area contributed by atoms with Crippen molar-refractivity contribution in [3.63, 3.8) is 0 Å². The molecule has 3 aromatic rings. The van der Waals surface area contributed by atoms with E-state index < -0.39 is 5.66 Å². The van der Waals surface area contributed by atoms with Gasteiger partial charge in [-0.2, -0.15) is 0 Å². The van der Waals surface area contributed by atoms with Crippen molar-refractivity contribution in [2.75, 3.05) is 25.5 Å². The van der Waals surface area contributed by atoms with Crippen LogP contribution in [-0.2, 0) is 5.66 Å². The van der Waals surface area contributed by atoms with Gasteiger partial charge in [0.2, 0.25) is 0 Å². The van der Waals surface area contributed by atoms with Gasteiger partial charge >= 0.3 is 0 Å². The predicted octanol–water partition coefficient (Wildman–Crippen LogP) is 4.04. The minimum atomic E-state index is -1.09. The number of rotatable bonds is 4. The van der Waals surface area contributed by atoms with E-state index in [1.54, 1.807) is 60.4 Å². The summed E-state index contributed by atoms with van der Waals surface area (Å²) in [5.41, 5.74) is 2.00. The van der Waals surface area contributed by atoms with Crippen LogP contribution in [0.3, 0.4) is 0 Å². The Hall–Kier alpha value is -3.23. The topological polar surface area (TPSA) is 89.4 Å². The predicted molar refractivity (Wildman–Crippen MR) is 125 cm³/mol. The number of nitrogens with one attached hydrogen (secondary N) is 2. The molecule has 7 nitrogen and oxygen atoms in total. The Balaban J connectivity index is 1.71. The summed E-state index contributed by atoms with van der Waals surface area (Å²) >= 11 is 7.46. The highest BCUT2D eigenvalue weighted by molar-refractivity contribution is 7.18. The van der Waals surface area contributed by atoms with Crippen LogP contribution >= 0.6 is 22.9 Å². The summed E-state index contributed by atoms with van der Waals surface area (Å²) in [6.07, 6.45) is 3.27. The van der Waals surface area contributed by atoms with Crippen molar-refractivity contribution >= 4 is 45.5 Å². The number of amides is 2. The summed E-state index contributed by atoms with van der Waals surface area (Å²) in [5, 5.41) is 12.5. The molecule has 2 aromatic heterocycles. The van der Waals surface area contributed by atoms with Crippen LogP contribution in [0.2, 0.25) is 5.02 Å². The van der Waals surface area contributed by atoms with Crippen LogP contribution in [0.5, 0.6) is 0 Å². The monoisotopic (exact) mass is 465 g/mol. The normalized spacial score (nSPS) is 19.2. The van der Waals surface area contributed by atoms with Crippen LogP contribution < -0.4 is 5.32 Å². The number of hydrogen-bond donors (Lipinski definition) is 2. The number of anilines is 1. The minimum Gasteiger partial charge on any atom is -0.379 e. The number of hydrogen-bond acceptors (Lipinski definition) is 6. The van der Waals surface area contributed by atoms with Crippen LogP contribution in [0.25, 0.3) is 0 Å². The first-order valence-corrected chi connectivity index (χ1v) is 11.3. The van der Waals surface area contributed by atoms with Crippen LogP contribution in [0, 0.1) is 5.41 Å². The molecule has 32 heavy (non-hydrogen) atoms. The van der Waals surface area contributed by atoms with Gasteiger partial charge in [-0.25, -0.2) is 0 Å². The first kappa shape index (κ1) is 20.7. The van der Waals surface area contributed by atoms with E-state index >= 15 is 0 Å². The zero-order valence-corrected chi connectivity index (χ0v) is 19.0. The van der Waals surface area contributed by atoms with Gasteiger partial charge < -0.3 is 20.5 Å². The molecule has 0 bridgehead atoms. The molecule has 9 heteroatoms. The largest absolute Gasteiger partial charge is 0.379 e. The number of pyridine rings is 1. The Morgan fingerprint density at radius 3 is 2.66 bits per heavy atom. The zero-order valence-electron chi connectivity index (χ0n) is 17.5. The second kappa shape index (κ2) is 7.43. The van der Waals surface area contributed by atoms with Gasteiger partial charge in [0, 0.05) is 60.0 Å². The molecule has 0 spiro atoms. The lowest BCUT2D eigenvalue weighted by atomic mass is 9.91. The number of nitrogens with zero attached hydrogens (tertiary/aromatic N) is 3. The van der Waals surface area contributed by atoms with Crippen LogP contribution in [0.4, 0.5) is 5.00 Å². The summed E-state index contributed by atoms with van der Waals surface area (Å²) in [4.78, 5) is 35.5. The smallest absolute Gasteiger partial charge is 0.266 e. The number of aromatic nitrogens is 1. The standard InChI is InChI=1S/C23H20ClN5O2S/c1-13(25)17-11-19(32-20(17)26-2)22(31)29-10-9-28-21(30)16-7-8-27-12-18(16)23(28,29)14-3-5-15(24)6-4-14/h3-8,11-12,25-26H,9-10H2,1-2H3. The van der Waals surface area contributed by atoms with E-state index in [1.165, 1.54) is 11.3 Å². The number of fused-ring (bicyclic) bond motifs is 3. The summed E-state index contributed by atoms with van der Waals surface area (Å²) in [7, 11) is 1.77. The van der Waals surface area contributed by atoms with Gasteiger partial charge in [-0.05, 0) is 31.2 Å². The van der Waals surface area contributed by atoms with Crippen molar-refractivity contribution in [2.24, 2.45) is 0 Å². The third-order valence-electron chi connectivity index (χ3n) is 6.07. The molecule has 0 aliphatic carbocycles. The highest BCUT2D eigenvalue weighted by Crippen LogP contribution is 2.50. The lowest BCUT2D eigenvalue weighted by Crippen LogP contribution is -2.51. The second-order valence-electron chi connectivity index (χ2n) is 7.74. The Bertz CT molecular complexity index is 1270. The van der Waals surface area contributed by atoms with E-state index in [1.807, 2.05) is 12.1 Å². The summed E-state index contributed by atoms with van der Waals surface area (Å²) in [6.45, 7) is 2.48. The molecule has 162 valence electrons. The molecule has 4 heterocycles. The number of thiophene rings is 1. The van der Waals surface area contributed by atoms with Gasteiger partial charge in [0.15, 0.2) is 5.66 Å². The molecule has 1 aromatic carbocycles. The van der Waals surface area contributed by atoms with Gasteiger partial charge in [0.25, 0.3) is 11.8 Å². The molecule has 0 saturated carbocycles. The third kappa shape index (κ3) is 2.73. The average molecular weight is 466 g/mol. The number of benzene rings is 1. The van der Waals surface area contributed by atoms with Crippen molar-refractivity contribution in [3.05, 3.63) is 80.9 Å². The van der Waals surface area contributed by atoms with Crippen LogP contribution in [0.15, 0.2) is 48.8 Å². The Morgan fingerprint density at radius 1 is 1.25 bits per heavy atom. The lowest BCUT2D eigenvalue weighted by molar-refractivity contribution is 0.0378. The molecule has 1 atom stereocenters. The highest BCUT2D eigenvalue weighted by Gasteiger charge is 2.60. The lowest BCUT2D eigenvalue weighted by Gasteiger charge is -2.40. The van der Waals surface area contributed by atoms with Gasteiger partial charge in [0.1, 0.15) is 0 Å². The molecule has 1 fully saturated rings. The molecule has 5 rings (SSSR count). The first-order chi connectivity index (χ1) is 15.4. The molecule has 0 radical (unpaired) electrons. The van der Waals surface area contributed by atoms with E-state index in [4.69, 9.17) is 17.0 Å². The van der Waals surface area contributed by atoms with Crippen molar-refractivity contribution in [3.8, 4) is 0 Å². The number of carbonyl (C=O) groups excluding carboxylic acids is 2. The van der Waals surface area contributed by atoms with Crippen LogP contribution in [0.1, 0.15) is 43.6 Å². The van der Waals surface area contributed by atoms with Crippen molar-refractivity contribution in [1.29, 1.82) is 5.41 Å². The van der Waals surface area contributed by atoms with Crippen molar-refractivity contribution < 1.29 is 9.59 Å². The first-order valence-electron chi connectivity index (χ1n) is 10.1. The van der Waals surface area contributed by atoms with Gasteiger partial charge in [0.05, 0.1) is 15.4 Å². The van der Waals surface area contributed by atoms with E-state index in [0.29, 0.717) is 45.4 Å². The number of halogens is 1. The molecule has 1 unspecified atom stereocenters. The SMILES string of the molecule is CNc1sc(C(=O)N2CCN3C(=O)c4ccncc4C23c2ccc(Cl)cc2)cc1C(C)=N. The molecule has 1 saturated heterocycles. The maximum Gasteiger partial charge on any atom is 0.266 e. The van der Waals surface area contributed by atoms with Gasteiger partial charge in [-0.1, -0.05) is 23.7 Å². The Morgan fingerprint density at radius 2 is 2.00 bits per heavy atom. The molecular formula is C23H20ClN5O2S. The van der Waals surface area contributed by atoms with Crippen molar-refractivity contribution in [1.82, 2.24) is 14.8 Å². The molecular weight excluding hydrogens is 446 g/mol. The van der Waals surface area contributed by atoms with E-state index in [2.05, 4.69) is 10.3 Å². The molecule has 2 N–H and O–H groups in total. The fraction of sp³-hybridized carbons (Fsp3) is 0.217. The fourth-order valence-corrected chi connectivity index (χ4v) is 5.85. The van der Waals surface area contributed by atoms with Crippen molar-refractivity contribution in [2.45, 2.75) is 12.6 Å². The second-order valence-corrected chi connectivity index (χ2v) is 9.23. The maximum absolute atomic E-state index is 13.9. The third-order valence-corrected chi connectivity index (χ3v) is 7.46. The van der Waals surface area contributed by atoms with E-state index in [-0.39, 0.29) is 11.8 Å². The molecule has 2 aliphatic rings. The Kier molecular flexibility index (Phi) is 4.79. The molecule has 2 amide bonds. The fourth-order valence-electron chi connectivity index (χ4n) is 4.70. The zero-order chi connectivity index (χ0) is 22.6.